The SMILES string of the molecule is C(=C\c1ccc(N(c2ccc(/C=C/c3ccc(N(c4ccccc4)c4ccccc4)cc3)cc2)c2ccc(/C=C/c3ccc(/C=C/c4ccc(N(c5ccc(/C=C/c6ccc(N(c7ccccc7)c7ccccc7)cc6)cc5)c5ccc(/C=C/c6ccc(N(c7ccccc7)c7ccccc7)cc6)cc5)cc4)c4nsnc34)cc2)cc1)/c1ccc(N(c2ccccc2)c2ccccc2)cc1. The Hall–Kier alpha value is -17.8. The van der Waals surface area contributed by atoms with E-state index in [-0.39, 0.29) is 0 Å². The van der Waals surface area contributed by atoms with Gasteiger partial charge in [-0.1, -0.05) is 352 Å². The zero-order valence-corrected chi connectivity index (χ0v) is 75.1. The first-order chi connectivity index (χ1) is 66.9. The van der Waals surface area contributed by atoms with Crippen molar-refractivity contribution in [2.75, 3.05) is 29.4 Å². The first-order valence-corrected chi connectivity index (χ1v) is 46.2. The van der Waals surface area contributed by atoms with Crippen LogP contribution in [0.15, 0.2) is 497 Å². The van der Waals surface area contributed by atoms with E-state index in [4.69, 9.17) is 8.75 Å². The van der Waals surface area contributed by atoms with Crippen molar-refractivity contribution in [3.8, 4) is 0 Å². The highest BCUT2D eigenvalue weighted by Gasteiger charge is 2.20. The summed E-state index contributed by atoms with van der Waals surface area (Å²) < 4.78 is 9.77. The minimum absolute atomic E-state index is 0.859. The minimum atomic E-state index is 0.859. The molecule has 0 fully saturated rings. The maximum Gasteiger partial charge on any atom is 0.112 e. The molecular formula is C126H94N8S. The second-order valence-corrected chi connectivity index (χ2v) is 33.3. The predicted molar refractivity (Wildman–Crippen MR) is 578 cm³/mol. The monoisotopic (exact) mass is 1750 g/mol. The van der Waals surface area contributed by atoms with Gasteiger partial charge in [0.25, 0.3) is 0 Å². The molecule has 644 valence electrons. The number of para-hydroxylation sites is 8. The first kappa shape index (κ1) is 85.3. The molecule has 0 aliphatic carbocycles. The number of fused-ring (bicyclic) bond motifs is 1. The fraction of sp³-hybridized carbons (Fsp3) is 0. The van der Waals surface area contributed by atoms with Crippen molar-refractivity contribution in [2.24, 2.45) is 0 Å². The fourth-order valence-corrected chi connectivity index (χ4v) is 17.5. The number of anilines is 18. The van der Waals surface area contributed by atoms with Gasteiger partial charge in [0.05, 0.1) is 11.7 Å². The standard InChI is InChI=1S/C126H94N8S/c1-9-25-107(26-10-1)129(108-27-11-2-12-28-108)115-75-51-95(52-76-115)41-45-99-59-83-119(84-60-99)133(120-85-61-100(62-86-120)46-42-96-53-77-116(78-54-96)130(109-29-13-3-14-30-109)110-31-15-4-16-32-110)123-91-67-103(68-92-123)49-71-105-73-74-106(126-125(105)127-135-128-126)72-50-104-69-93-124(94-70-104)134(121-87-63-101(64-88-121)47-43-97-55-79-117(80-56-97)131(111-33-17-5-18-34-111)112-35-19-6-20-36-112)122-89-65-102(66-90-122)48-44-98-57-81-118(82-58-98)132(113-37-21-7-22-38-113)114-39-23-8-24-40-114/h1-94H/b45-41+,46-42+,47-43+,48-44+,71-49+,72-50+. The molecule has 0 amide bonds. The van der Waals surface area contributed by atoms with Crippen molar-refractivity contribution in [3.05, 3.63) is 564 Å². The van der Waals surface area contributed by atoms with Crippen molar-refractivity contribution in [1.29, 1.82) is 0 Å². The number of benzene rings is 19. The molecular weight excluding hydrogens is 1660 g/mol. The normalized spacial score (nSPS) is 11.5. The summed E-state index contributed by atoms with van der Waals surface area (Å²) in [4.78, 5) is 13.8. The third-order valence-corrected chi connectivity index (χ3v) is 24.4. The molecule has 0 spiro atoms. The van der Waals surface area contributed by atoms with E-state index in [0.29, 0.717) is 0 Å². The van der Waals surface area contributed by atoms with E-state index in [1.165, 1.54) is 11.7 Å². The maximum atomic E-state index is 4.88. The average molecular weight is 1750 g/mol. The van der Waals surface area contributed by atoms with Crippen molar-refractivity contribution in [2.45, 2.75) is 0 Å². The molecule has 0 bridgehead atoms. The van der Waals surface area contributed by atoms with Crippen molar-refractivity contribution < 1.29 is 0 Å². The highest BCUT2D eigenvalue weighted by molar-refractivity contribution is 7.00. The van der Waals surface area contributed by atoms with E-state index in [1.54, 1.807) is 0 Å². The van der Waals surface area contributed by atoms with Crippen LogP contribution in [0.25, 0.3) is 83.9 Å². The molecule has 0 N–H and O–H groups in total. The molecule has 0 unspecified atom stereocenters. The van der Waals surface area contributed by atoms with Gasteiger partial charge >= 0.3 is 0 Å². The van der Waals surface area contributed by atoms with Crippen molar-refractivity contribution in [3.63, 3.8) is 0 Å². The Balaban J connectivity index is 0.538. The quantitative estimate of drug-likeness (QED) is 0.0413. The minimum Gasteiger partial charge on any atom is -0.311 e. The molecule has 20 aromatic rings. The van der Waals surface area contributed by atoms with Crippen LogP contribution in [-0.4, -0.2) is 8.75 Å². The summed E-state index contributed by atoms with van der Waals surface area (Å²) in [7, 11) is 0. The van der Waals surface area contributed by atoms with Crippen molar-refractivity contribution >= 4 is 198 Å². The van der Waals surface area contributed by atoms with Gasteiger partial charge in [-0.3, -0.25) is 0 Å². The van der Waals surface area contributed by atoms with Crippen LogP contribution in [0.2, 0.25) is 0 Å². The van der Waals surface area contributed by atoms with Crippen LogP contribution in [0.5, 0.6) is 0 Å². The number of hydrogen-bond donors (Lipinski definition) is 0. The van der Waals surface area contributed by atoms with E-state index in [1.807, 2.05) is 0 Å². The van der Waals surface area contributed by atoms with Crippen LogP contribution in [0.4, 0.5) is 102 Å². The highest BCUT2D eigenvalue weighted by atomic mass is 32.1. The van der Waals surface area contributed by atoms with Crippen LogP contribution in [0.3, 0.4) is 0 Å². The number of hydrogen-bond acceptors (Lipinski definition) is 9. The summed E-state index contributed by atoms with van der Waals surface area (Å²) in [5.74, 6) is 0. The first-order valence-electron chi connectivity index (χ1n) is 45.5. The third-order valence-electron chi connectivity index (χ3n) is 23.9. The second-order valence-electron chi connectivity index (χ2n) is 32.8. The number of aromatic nitrogens is 2. The lowest BCUT2D eigenvalue weighted by Crippen LogP contribution is -2.09. The van der Waals surface area contributed by atoms with Gasteiger partial charge in [-0.2, -0.15) is 8.75 Å². The van der Waals surface area contributed by atoms with E-state index in [2.05, 4.69) is 600 Å². The molecule has 0 saturated carbocycles. The Labute approximate surface area is 794 Å². The van der Waals surface area contributed by atoms with Crippen molar-refractivity contribution in [1.82, 2.24) is 8.75 Å². The highest BCUT2D eigenvalue weighted by Crippen LogP contribution is 2.43. The van der Waals surface area contributed by atoms with Gasteiger partial charge in [-0.05, 0) is 274 Å². The summed E-state index contributed by atoms with van der Waals surface area (Å²) in [5.41, 5.74) is 34.1. The van der Waals surface area contributed by atoms with Crippen LogP contribution in [-0.2, 0) is 0 Å². The molecule has 135 heavy (non-hydrogen) atoms. The summed E-state index contributed by atoms with van der Waals surface area (Å²) in [5, 5.41) is 0. The smallest absolute Gasteiger partial charge is 0.112 e. The Bertz CT molecular complexity index is 6490. The Morgan fingerprint density at radius 2 is 0.230 bits per heavy atom. The van der Waals surface area contributed by atoms with Gasteiger partial charge in [0.1, 0.15) is 11.0 Å². The maximum absolute atomic E-state index is 4.88. The van der Waals surface area contributed by atoms with Gasteiger partial charge in [0.15, 0.2) is 0 Å². The summed E-state index contributed by atoms with van der Waals surface area (Å²) >= 11 is 1.24. The third kappa shape index (κ3) is 20.6. The lowest BCUT2D eigenvalue weighted by atomic mass is 10.0. The molecule has 20 rings (SSSR count). The summed E-state index contributed by atoms with van der Waals surface area (Å²) in [6.45, 7) is 0. The molecule has 8 nitrogen and oxygen atoms in total. The van der Waals surface area contributed by atoms with Gasteiger partial charge in [0, 0.05) is 113 Å². The molecule has 1 heterocycles. The largest absolute Gasteiger partial charge is 0.311 e. The van der Waals surface area contributed by atoms with Gasteiger partial charge < -0.3 is 29.4 Å². The van der Waals surface area contributed by atoms with Crippen LogP contribution < -0.4 is 29.4 Å². The molecule has 0 saturated heterocycles. The molecule has 19 aromatic carbocycles. The Morgan fingerprint density at radius 1 is 0.119 bits per heavy atom. The zero-order valence-electron chi connectivity index (χ0n) is 74.3. The summed E-state index contributed by atoms with van der Waals surface area (Å²) in [6, 6.07) is 176. The van der Waals surface area contributed by atoms with Gasteiger partial charge in [-0.15, -0.1) is 0 Å². The van der Waals surface area contributed by atoms with E-state index in [0.717, 1.165) is 180 Å². The number of rotatable bonds is 30. The topological polar surface area (TPSA) is 45.2 Å². The van der Waals surface area contributed by atoms with Crippen LogP contribution in [0.1, 0.15) is 66.8 Å². The van der Waals surface area contributed by atoms with Gasteiger partial charge in [0.2, 0.25) is 0 Å². The van der Waals surface area contributed by atoms with Crippen LogP contribution >= 0.6 is 11.7 Å². The second kappa shape index (κ2) is 41.3. The molecule has 0 radical (unpaired) electrons. The van der Waals surface area contributed by atoms with E-state index < -0.39 is 0 Å². The Morgan fingerprint density at radius 3 is 0.356 bits per heavy atom. The molecule has 0 aliphatic heterocycles. The van der Waals surface area contributed by atoms with Crippen LogP contribution in [0, 0.1) is 0 Å². The average Bonchev–Trinajstić information content (AvgIpc) is 1.80. The van der Waals surface area contributed by atoms with Gasteiger partial charge in [-0.25, -0.2) is 0 Å². The zero-order chi connectivity index (χ0) is 90.5. The predicted octanol–water partition coefficient (Wildman–Crippen LogP) is 35.5. The van der Waals surface area contributed by atoms with E-state index in [9.17, 15) is 0 Å². The number of nitrogens with zero attached hydrogens (tertiary/aromatic N) is 8. The lowest BCUT2D eigenvalue weighted by Gasteiger charge is -2.26. The summed E-state index contributed by atoms with van der Waals surface area (Å²) in [6.07, 6.45) is 26.1. The molecule has 1 aromatic heterocycles. The van der Waals surface area contributed by atoms with E-state index >= 15 is 0 Å². The molecule has 0 aliphatic rings. The fourth-order valence-electron chi connectivity index (χ4n) is 17.0. The Kier molecular flexibility index (Phi) is 26.1. The molecule has 9 heteroatoms. The molecule has 0 atom stereocenters. The lowest BCUT2D eigenvalue weighted by molar-refractivity contribution is 1.28.